The fourth-order valence-electron chi connectivity index (χ4n) is 2.32. The quantitative estimate of drug-likeness (QED) is 0.847. The number of carbonyl (C=O) groups is 1. The average Bonchev–Trinajstić information content (AvgIpc) is 2.89. The van der Waals surface area contributed by atoms with Gasteiger partial charge in [0.2, 0.25) is 5.91 Å². The van der Waals surface area contributed by atoms with Crippen LogP contribution in [0.1, 0.15) is 12.8 Å². The van der Waals surface area contributed by atoms with Crippen molar-refractivity contribution in [2.75, 3.05) is 44.7 Å². The summed E-state index contributed by atoms with van der Waals surface area (Å²) < 4.78 is 5.18. The van der Waals surface area contributed by atoms with Gasteiger partial charge >= 0.3 is 0 Å². The molecule has 9 heteroatoms. The molecule has 1 unspecified atom stereocenters. The van der Waals surface area contributed by atoms with Crippen LogP contribution >= 0.6 is 36.2 Å². The predicted molar refractivity (Wildman–Crippen MR) is 94.5 cm³/mol. The lowest BCUT2D eigenvalue weighted by molar-refractivity contribution is -0.133. The number of rotatable bonds is 5. The van der Waals surface area contributed by atoms with Crippen molar-refractivity contribution >= 4 is 47.2 Å². The minimum absolute atomic E-state index is 0. The van der Waals surface area contributed by atoms with Crippen molar-refractivity contribution in [3.63, 3.8) is 0 Å². The van der Waals surface area contributed by atoms with E-state index in [0.29, 0.717) is 13.0 Å². The van der Waals surface area contributed by atoms with E-state index >= 15 is 0 Å². The van der Waals surface area contributed by atoms with Gasteiger partial charge in [0, 0.05) is 51.4 Å². The lowest BCUT2D eigenvalue weighted by Gasteiger charge is -2.23. The molecule has 6 nitrogen and oxygen atoms in total. The minimum atomic E-state index is -0.180. The number of nitrogens with zero attached hydrogens (tertiary/aromatic N) is 3. The van der Waals surface area contributed by atoms with Crippen molar-refractivity contribution in [2.45, 2.75) is 18.9 Å². The molecule has 0 saturated carbocycles. The highest BCUT2D eigenvalue weighted by atomic mass is 35.5. The molecule has 1 saturated heterocycles. The van der Waals surface area contributed by atoms with Crippen LogP contribution in [0.4, 0.5) is 5.13 Å². The maximum Gasteiger partial charge on any atom is 0.225 e. The van der Waals surface area contributed by atoms with E-state index in [4.69, 9.17) is 10.5 Å². The first-order chi connectivity index (χ1) is 9.74. The molecule has 1 aliphatic rings. The van der Waals surface area contributed by atoms with Crippen LogP contribution in [0.3, 0.4) is 0 Å². The molecule has 1 amide bonds. The second-order valence-corrected chi connectivity index (χ2v) is 5.71. The number of aromatic nitrogens is 1. The van der Waals surface area contributed by atoms with Gasteiger partial charge in [-0.25, -0.2) is 4.98 Å². The largest absolute Gasteiger partial charge is 0.380 e. The summed E-state index contributed by atoms with van der Waals surface area (Å²) in [6.45, 7) is 3.68. The van der Waals surface area contributed by atoms with Crippen LogP contribution in [0.5, 0.6) is 0 Å². The number of amides is 1. The highest BCUT2D eigenvalue weighted by Crippen LogP contribution is 2.19. The maximum absolute atomic E-state index is 12.2. The Morgan fingerprint density at radius 1 is 1.41 bits per heavy atom. The third-order valence-electron chi connectivity index (χ3n) is 3.54. The third-order valence-corrected chi connectivity index (χ3v) is 4.37. The van der Waals surface area contributed by atoms with Gasteiger partial charge in [-0.05, 0) is 6.42 Å². The Hall–Kier alpha value is -0.600. The zero-order valence-corrected chi connectivity index (χ0v) is 15.1. The van der Waals surface area contributed by atoms with Gasteiger partial charge in [0.05, 0.1) is 12.5 Å². The second-order valence-electron chi connectivity index (χ2n) is 4.83. The van der Waals surface area contributed by atoms with Crippen molar-refractivity contribution in [2.24, 2.45) is 5.73 Å². The van der Waals surface area contributed by atoms with Crippen LogP contribution in [-0.4, -0.2) is 61.7 Å². The molecule has 1 aliphatic heterocycles. The molecular formula is C13H24Cl2N4O2S. The van der Waals surface area contributed by atoms with Crippen molar-refractivity contribution < 1.29 is 9.53 Å². The van der Waals surface area contributed by atoms with Crippen molar-refractivity contribution in [1.29, 1.82) is 0 Å². The molecule has 1 atom stereocenters. The first-order valence-electron chi connectivity index (χ1n) is 6.89. The smallest absolute Gasteiger partial charge is 0.225 e. The molecule has 0 bridgehead atoms. The molecule has 0 spiro atoms. The number of thiazole rings is 1. The Balaban J connectivity index is 0.00000220. The van der Waals surface area contributed by atoms with Gasteiger partial charge < -0.3 is 20.3 Å². The zero-order valence-electron chi connectivity index (χ0n) is 12.6. The van der Waals surface area contributed by atoms with Crippen LogP contribution in [-0.2, 0) is 9.53 Å². The number of carbonyl (C=O) groups excluding carboxylic acids is 1. The molecule has 0 radical (unpaired) electrons. The monoisotopic (exact) mass is 370 g/mol. The Morgan fingerprint density at radius 3 is 2.77 bits per heavy atom. The Morgan fingerprint density at radius 2 is 2.18 bits per heavy atom. The van der Waals surface area contributed by atoms with Crippen molar-refractivity contribution in [3.8, 4) is 0 Å². The highest BCUT2D eigenvalue weighted by molar-refractivity contribution is 7.13. The standard InChI is InChI=1S/C13H22N4O2S.2ClH/c1-19-11(10-14)9-12(18)16-4-2-5-17(7-6-16)13-15-3-8-20-13;;/h3,8,11H,2,4-7,9-10,14H2,1H3;2*1H. The third kappa shape index (κ3) is 5.89. The number of methoxy groups -OCH3 is 1. The first kappa shape index (κ1) is 21.4. The van der Waals surface area contributed by atoms with E-state index in [1.54, 1.807) is 18.4 Å². The molecule has 22 heavy (non-hydrogen) atoms. The molecular weight excluding hydrogens is 347 g/mol. The van der Waals surface area contributed by atoms with E-state index in [9.17, 15) is 4.79 Å². The van der Waals surface area contributed by atoms with Crippen molar-refractivity contribution in [3.05, 3.63) is 11.6 Å². The molecule has 2 heterocycles. The minimum Gasteiger partial charge on any atom is -0.380 e. The van der Waals surface area contributed by atoms with E-state index in [1.165, 1.54) is 0 Å². The number of hydrogen-bond donors (Lipinski definition) is 1. The van der Waals surface area contributed by atoms with Gasteiger partial charge in [-0.2, -0.15) is 0 Å². The Kier molecular flexibility index (Phi) is 10.7. The van der Waals surface area contributed by atoms with E-state index in [2.05, 4.69) is 9.88 Å². The van der Waals surface area contributed by atoms with Gasteiger partial charge in [0.15, 0.2) is 5.13 Å². The zero-order chi connectivity index (χ0) is 14.4. The summed E-state index contributed by atoms with van der Waals surface area (Å²) in [6.07, 6.45) is 2.97. The molecule has 2 rings (SSSR count). The average molecular weight is 371 g/mol. The van der Waals surface area contributed by atoms with E-state index in [1.807, 2.05) is 16.5 Å². The number of halogens is 2. The van der Waals surface area contributed by atoms with E-state index in [-0.39, 0.29) is 36.8 Å². The number of hydrogen-bond acceptors (Lipinski definition) is 6. The van der Waals surface area contributed by atoms with Gasteiger partial charge in [0.25, 0.3) is 0 Å². The van der Waals surface area contributed by atoms with Crippen LogP contribution in [0, 0.1) is 0 Å². The normalized spacial score (nSPS) is 16.3. The van der Waals surface area contributed by atoms with Gasteiger partial charge in [-0.15, -0.1) is 36.2 Å². The van der Waals surface area contributed by atoms with E-state index < -0.39 is 0 Å². The summed E-state index contributed by atoms with van der Waals surface area (Å²) >= 11 is 1.64. The van der Waals surface area contributed by atoms with Gasteiger partial charge in [0.1, 0.15) is 0 Å². The summed E-state index contributed by atoms with van der Waals surface area (Å²) in [5.74, 6) is 0.128. The van der Waals surface area contributed by atoms with Crippen LogP contribution in [0.15, 0.2) is 11.6 Å². The molecule has 1 aromatic heterocycles. The van der Waals surface area contributed by atoms with Crippen LogP contribution in [0.2, 0.25) is 0 Å². The Bertz CT molecular complexity index is 418. The Labute approximate surface area is 147 Å². The fourth-order valence-corrected chi connectivity index (χ4v) is 3.01. The summed E-state index contributed by atoms with van der Waals surface area (Å²) in [5.41, 5.74) is 5.57. The van der Waals surface area contributed by atoms with Gasteiger partial charge in [-0.3, -0.25) is 4.79 Å². The maximum atomic E-state index is 12.2. The SMILES string of the molecule is COC(CN)CC(=O)N1CCCN(c2nccs2)CC1.Cl.Cl. The molecule has 2 N–H and O–H groups in total. The summed E-state index contributed by atoms with van der Waals surface area (Å²) in [5, 5.41) is 3.02. The molecule has 128 valence electrons. The molecule has 1 aromatic rings. The number of anilines is 1. The van der Waals surface area contributed by atoms with Crippen LogP contribution < -0.4 is 10.6 Å². The molecule has 1 fully saturated rings. The van der Waals surface area contributed by atoms with Crippen molar-refractivity contribution in [1.82, 2.24) is 9.88 Å². The van der Waals surface area contributed by atoms with E-state index in [0.717, 1.165) is 37.7 Å². The molecule has 0 aromatic carbocycles. The lowest BCUT2D eigenvalue weighted by Crippen LogP contribution is -2.38. The highest BCUT2D eigenvalue weighted by Gasteiger charge is 2.22. The molecule has 0 aliphatic carbocycles. The number of nitrogens with two attached hydrogens (primary N) is 1. The first-order valence-corrected chi connectivity index (χ1v) is 7.77. The number of ether oxygens (including phenoxy) is 1. The lowest BCUT2D eigenvalue weighted by atomic mass is 10.2. The summed E-state index contributed by atoms with van der Waals surface area (Å²) in [6, 6.07) is 0. The summed E-state index contributed by atoms with van der Waals surface area (Å²) in [4.78, 5) is 20.7. The topological polar surface area (TPSA) is 71.7 Å². The van der Waals surface area contributed by atoms with Gasteiger partial charge in [-0.1, -0.05) is 0 Å². The summed E-state index contributed by atoms with van der Waals surface area (Å²) in [7, 11) is 1.59. The second kappa shape index (κ2) is 11.0. The predicted octanol–water partition coefficient (Wildman–Crippen LogP) is 1.39. The fraction of sp³-hybridized carbons (Fsp3) is 0.692. The van der Waals surface area contributed by atoms with Crippen LogP contribution in [0.25, 0.3) is 0 Å².